The molecule has 1 aliphatic heterocycles. The van der Waals surface area contributed by atoms with E-state index in [1.165, 1.54) is 26.4 Å². The SMILES string of the molecule is COC(=O)C1CN(C2CCCC2CN)CCO1. The zero-order chi connectivity index (χ0) is 12.3. The molecule has 5 nitrogen and oxygen atoms in total. The Bertz CT molecular complexity index is 272. The number of carbonyl (C=O) groups is 1. The third kappa shape index (κ3) is 2.78. The van der Waals surface area contributed by atoms with E-state index in [4.69, 9.17) is 15.2 Å². The van der Waals surface area contributed by atoms with Gasteiger partial charge >= 0.3 is 5.97 Å². The molecule has 3 atom stereocenters. The molecule has 17 heavy (non-hydrogen) atoms. The minimum Gasteiger partial charge on any atom is -0.467 e. The lowest BCUT2D eigenvalue weighted by Gasteiger charge is -2.38. The molecule has 2 N–H and O–H groups in total. The molecule has 1 aliphatic carbocycles. The Morgan fingerprint density at radius 3 is 3.06 bits per heavy atom. The lowest BCUT2D eigenvalue weighted by molar-refractivity contribution is -0.161. The number of hydrogen-bond donors (Lipinski definition) is 1. The van der Waals surface area contributed by atoms with Gasteiger partial charge in [-0.25, -0.2) is 4.79 Å². The Balaban J connectivity index is 1.94. The van der Waals surface area contributed by atoms with Crippen molar-refractivity contribution in [1.29, 1.82) is 0 Å². The van der Waals surface area contributed by atoms with Crippen molar-refractivity contribution in [3.63, 3.8) is 0 Å². The van der Waals surface area contributed by atoms with E-state index in [1.54, 1.807) is 0 Å². The van der Waals surface area contributed by atoms with Crippen LogP contribution in [-0.2, 0) is 14.3 Å². The fraction of sp³-hybridized carbons (Fsp3) is 0.917. The fourth-order valence-electron chi connectivity index (χ4n) is 3.02. The molecule has 3 unspecified atom stereocenters. The standard InChI is InChI=1S/C12H22N2O3/c1-16-12(15)11-8-14(5-6-17-11)10-4-2-3-9(10)7-13/h9-11H,2-8,13H2,1H3. The number of nitrogens with two attached hydrogens (primary N) is 1. The van der Waals surface area contributed by atoms with E-state index in [0.29, 0.717) is 25.1 Å². The topological polar surface area (TPSA) is 64.8 Å². The van der Waals surface area contributed by atoms with Crippen molar-refractivity contribution in [1.82, 2.24) is 4.90 Å². The highest BCUT2D eigenvalue weighted by Gasteiger charge is 2.36. The molecule has 0 aromatic carbocycles. The smallest absolute Gasteiger partial charge is 0.336 e. The van der Waals surface area contributed by atoms with Gasteiger partial charge in [0.05, 0.1) is 13.7 Å². The molecule has 5 heteroatoms. The second-order valence-corrected chi connectivity index (χ2v) is 4.87. The Morgan fingerprint density at radius 2 is 2.35 bits per heavy atom. The Morgan fingerprint density at radius 1 is 1.53 bits per heavy atom. The molecule has 0 amide bonds. The van der Waals surface area contributed by atoms with E-state index in [0.717, 1.165) is 13.1 Å². The van der Waals surface area contributed by atoms with Crippen molar-refractivity contribution in [2.75, 3.05) is 33.4 Å². The molecule has 1 heterocycles. The van der Waals surface area contributed by atoms with Crippen LogP contribution in [0.15, 0.2) is 0 Å². The molecule has 0 aromatic heterocycles. The average molecular weight is 242 g/mol. The number of nitrogens with zero attached hydrogens (tertiary/aromatic N) is 1. The molecule has 0 bridgehead atoms. The lowest BCUT2D eigenvalue weighted by Crippen LogP contribution is -2.52. The highest BCUT2D eigenvalue weighted by molar-refractivity contribution is 5.74. The number of methoxy groups -OCH3 is 1. The predicted molar refractivity (Wildman–Crippen MR) is 63.5 cm³/mol. The molecule has 1 saturated heterocycles. The van der Waals surface area contributed by atoms with E-state index >= 15 is 0 Å². The Labute approximate surface area is 102 Å². The van der Waals surface area contributed by atoms with Gasteiger partial charge in [-0.05, 0) is 25.3 Å². The van der Waals surface area contributed by atoms with Crippen LogP contribution in [0.4, 0.5) is 0 Å². The Hall–Kier alpha value is -0.650. The molecule has 0 spiro atoms. The van der Waals surface area contributed by atoms with Gasteiger partial charge in [-0.1, -0.05) is 6.42 Å². The molecular weight excluding hydrogens is 220 g/mol. The molecular formula is C12H22N2O3. The van der Waals surface area contributed by atoms with Gasteiger partial charge in [0, 0.05) is 19.1 Å². The number of esters is 1. The van der Waals surface area contributed by atoms with Crippen LogP contribution >= 0.6 is 0 Å². The zero-order valence-corrected chi connectivity index (χ0v) is 10.4. The third-order valence-corrected chi connectivity index (χ3v) is 3.95. The average Bonchev–Trinajstić information content (AvgIpc) is 2.86. The van der Waals surface area contributed by atoms with Gasteiger partial charge in [0.25, 0.3) is 0 Å². The van der Waals surface area contributed by atoms with Crippen LogP contribution in [-0.4, -0.2) is 56.4 Å². The summed E-state index contributed by atoms with van der Waals surface area (Å²) < 4.78 is 10.2. The van der Waals surface area contributed by atoms with E-state index in [-0.39, 0.29) is 5.97 Å². The number of hydrogen-bond acceptors (Lipinski definition) is 5. The quantitative estimate of drug-likeness (QED) is 0.705. The summed E-state index contributed by atoms with van der Waals surface area (Å²) in [6.45, 7) is 2.89. The highest BCUT2D eigenvalue weighted by Crippen LogP contribution is 2.30. The minimum atomic E-state index is -0.423. The van der Waals surface area contributed by atoms with Crippen LogP contribution in [0.3, 0.4) is 0 Å². The molecule has 2 fully saturated rings. The molecule has 2 aliphatic rings. The predicted octanol–water partition coefficient (Wildman–Crippen LogP) is -0.0124. The maximum atomic E-state index is 11.5. The largest absolute Gasteiger partial charge is 0.467 e. The first-order valence-electron chi connectivity index (χ1n) is 6.39. The van der Waals surface area contributed by atoms with Crippen LogP contribution in [0.1, 0.15) is 19.3 Å². The minimum absolute atomic E-state index is 0.267. The van der Waals surface area contributed by atoms with Crippen molar-refractivity contribution >= 4 is 5.97 Å². The van der Waals surface area contributed by atoms with Gasteiger partial charge in [-0.15, -0.1) is 0 Å². The van der Waals surface area contributed by atoms with Crippen LogP contribution in [0, 0.1) is 5.92 Å². The van der Waals surface area contributed by atoms with Gasteiger partial charge in [0.15, 0.2) is 6.10 Å². The van der Waals surface area contributed by atoms with Gasteiger partial charge in [0.2, 0.25) is 0 Å². The van der Waals surface area contributed by atoms with Crippen LogP contribution in [0.5, 0.6) is 0 Å². The third-order valence-electron chi connectivity index (χ3n) is 3.95. The molecule has 98 valence electrons. The Kier molecular flexibility index (Phi) is 4.36. The molecule has 0 radical (unpaired) electrons. The van der Waals surface area contributed by atoms with E-state index < -0.39 is 6.10 Å². The summed E-state index contributed by atoms with van der Waals surface area (Å²) in [5.41, 5.74) is 5.80. The number of ether oxygens (including phenoxy) is 2. The summed E-state index contributed by atoms with van der Waals surface area (Å²) in [4.78, 5) is 13.8. The van der Waals surface area contributed by atoms with E-state index in [9.17, 15) is 4.79 Å². The van der Waals surface area contributed by atoms with Gasteiger partial charge < -0.3 is 15.2 Å². The molecule has 2 rings (SSSR count). The maximum Gasteiger partial charge on any atom is 0.336 e. The lowest BCUT2D eigenvalue weighted by atomic mass is 10.0. The molecule has 1 saturated carbocycles. The monoisotopic (exact) mass is 242 g/mol. The number of carbonyl (C=O) groups excluding carboxylic acids is 1. The van der Waals surface area contributed by atoms with E-state index in [1.807, 2.05) is 0 Å². The number of rotatable bonds is 3. The highest BCUT2D eigenvalue weighted by atomic mass is 16.6. The zero-order valence-electron chi connectivity index (χ0n) is 10.4. The normalized spacial score (nSPS) is 34.8. The van der Waals surface area contributed by atoms with Crippen molar-refractivity contribution in [2.45, 2.75) is 31.4 Å². The maximum absolute atomic E-state index is 11.5. The molecule has 0 aromatic rings. The first-order chi connectivity index (χ1) is 8.26. The summed E-state index contributed by atoms with van der Waals surface area (Å²) in [6, 6.07) is 0.524. The first-order valence-corrected chi connectivity index (χ1v) is 6.39. The first kappa shape index (κ1) is 12.8. The number of morpholine rings is 1. The summed E-state index contributed by atoms with van der Waals surface area (Å²) in [7, 11) is 1.41. The second kappa shape index (κ2) is 5.80. The van der Waals surface area contributed by atoms with Gasteiger partial charge in [0.1, 0.15) is 0 Å². The van der Waals surface area contributed by atoms with Gasteiger partial charge in [-0.2, -0.15) is 0 Å². The summed E-state index contributed by atoms with van der Waals surface area (Å²) in [6.07, 6.45) is 3.22. The van der Waals surface area contributed by atoms with Crippen LogP contribution < -0.4 is 5.73 Å². The summed E-state index contributed by atoms with van der Waals surface area (Å²) in [5, 5.41) is 0. The van der Waals surface area contributed by atoms with Gasteiger partial charge in [-0.3, -0.25) is 4.90 Å². The summed E-state index contributed by atoms with van der Waals surface area (Å²) >= 11 is 0. The van der Waals surface area contributed by atoms with Crippen molar-refractivity contribution in [3.05, 3.63) is 0 Å². The summed E-state index contributed by atoms with van der Waals surface area (Å²) in [5.74, 6) is 0.309. The fourth-order valence-corrected chi connectivity index (χ4v) is 3.02. The van der Waals surface area contributed by atoms with E-state index in [2.05, 4.69) is 4.90 Å². The van der Waals surface area contributed by atoms with Crippen LogP contribution in [0.25, 0.3) is 0 Å². The van der Waals surface area contributed by atoms with Crippen molar-refractivity contribution in [2.24, 2.45) is 11.7 Å². The van der Waals surface area contributed by atoms with Crippen LogP contribution in [0.2, 0.25) is 0 Å². The second-order valence-electron chi connectivity index (χ2n) is 4.87. The van der Waals surface area contributed by atoms with Crippen molar-refractivity contribution < 1.29 is 14.3 Å². The van der Waals surface area contributed by atoms with Crippen molar-refractivity contribution in [3.8, 4) is 0 Å².